The van der Waals surface area contributed by atoms with Gasteiger partial charge in [0.1, 0.15) is 0 Å². The van der Waals surface area contributed by atoms with Gasteiger partial charge in [-0.05, 0) is 63.3 Å². The molecule has 0 radical (unpaired) electrons. The normalized spacial score (nSPS) is 38.1. The molecule has 0 aromatic carbocycles. The Bertz CT molecular complexity index is 365. The fraction of sp³-hybridized carbons (Fsp3) is 1.00. The van der Waals surface area contributed by atoms with E-state index in [9.17, 15) is 0 Å². The van der Waals surface area contributed by atoms with Crippen molar-refractivity contribution in [1.29, 1.82) is 0 Å². The van der Waals surface area contributed by atoms with Gasteiger partial charge in [0.25, 0.3) is 0 Å². The molecule has 2 aliphatic heterocycles. The molecular weight excluding hydrogens is 280 g/mol. The Labute approximate surface area is 146 Å². The number of hydrogen-bond donors (Lipinski definition) is 0. The standard InChI is InChI=1S/C21H42N2/c1-9-22-18(8)19(12-21(22)15(4)5)11-17(7)23-13-16(6)10-20(23)14(2)3/h14-21H,9-13H2,1-8H3/t16?,17?,18?,19?,20-,21-/m0/s1. The van der Waals surface area contributed by atoms with Gasteiger partial charge in [-0.2, -0.15) is 0 Å². The summed E-state index contributed by atoms with van der Waals surface area (Å²) < 4.78 is 0. The minimum absolute atomic E-state index is 0.740. The van der Waals surface area contributed by atoms with E-state index in [-0.39, 0.29) is 0 Å². The summed E-state index contributed by atoms with van der Waals surface area (Å²) >= 11 is 0. The lowest BCUT2D eigenvalue weighted by Crippen LogP contribution is -2.42. The van der Waals surface area contributed by atoms with Crippen LogP contribution in [-0.2, 0) is 0 Å². The Kier molecular flexibility index (Phi) is 6.58. The number of likely N-dealkylation sites (tertiary alicyclic amines) is 2. The van der Waals surface area contributed by atoms with Gasteiger partial charge in [-0.15, -0.1) is 0 Å². The van der Waals surface area contributed by atoms with E-state index in [0.29, 0.717) is 0 Å². The molecule has 0 aliphatic carbocycles. The van der Waals surface area contributed by atoms with E-state index in [1.807, 2.05) is 0 Å². The average Bonchev–Trinajstić information content (AvgIpc) is 3.00. The van der Waals surface area contributed by atoms with Crippen LogP contribution in [0.1, 0.15) is 74.7 Å². The first-order valence-corrected chi connectivity index (χ1v) is 10.3. The predicted molar refractivity (Wildman–Crippen MR) is 102 cm³/mol. The summed E-state index contributed by atoms with van der Waals surface area (Å²) in [6, 6.07) is 3.10. The molecule has 0 spiro atoms. The van der Waals surface area contributed by atoms with Crippen LogP contribution in [0.2, 0.25) is 0 Å². The summed E-state index contributed by atoms with van der Waals surface area (Å²) in [7, 11) is 0. The molecule has 0 N–H and O–H groups in total. The molecule has 6 atom stereocenters. The van der Waals surface area contributed by atoms with E-state index < -0.39 is 0 Å². The maximum atomic E-state index is 2.85. The van der Waals surface area contributed by atoms with Crippen molar-refractivity contribution in [3.05, 3.63) is 0 Å². The van der Waals surface area contributed by atoms with Crippen molar-refractivity contribution in [2.45, 2.75) is 98.8 Å². The summed E-state index contributed by atoms with van der Waals surface area (Å²) in [5, 5.41) is 0. The van der Waals surface area contributed by atoms with E-state index in [1.54, 1.807) is 0 Å². The molecule has 0 amide bonds. The number of nitrogens with zero attached hydrogens (tertiary/aromatic N) is 2. The lowest BCUT2D eigenvalue weighted by molar-refractivity contribution is 0.123. The first-order valence-electron chi connectivity index (χ1n) is 10.3. The highest BCUT2D eigenvalue weighted by atomic mass is 15.2. The zero-order chi connectivity index (χ0) is 17.3. The van der Waals surface area contributed by atoms with E-state index in [1.165, 1.54) is 32.4 Å². The minimum Gasteiger partial charge on any atom is -0.297 e. The van der Waals surface area contributed by atoms with Crippen molar-refractivity contribution >= 4 is 0 Å². The fourth-order valence-electron chi connectivity index (χ4n) is 5.54. The second-order valence-electron chi connectivity index (χ2n) is 9.31. The quantitative estimate of drug-likeness (QED) is 0.687. The SMILES string of the molecule is CCN1C(C)C(CC(C)N2CC(C)C[C@H]2C(C)C)C[C@H]1C(C)C. The van der Waals surface area contributed by atoms with Crippen LogP contribution < -0.4 is 0 Å². The van der Waals surface area contributed by atoms with Gasteiger partial charge in [0, 0.05) is 30.7 Å². The lowest BCUT2D eigenvalue weighted by Gasteiger charge is -2.35. The maximum absolute atomic E-state index is 2.85. The number of rotatable bonds is 6. The first-order chi connectivity index (χ1) is 10.8. The van der Waals surface area contributed by atoms with Gasteiger partial charge < -0.3 is 0 Å². The van der Waals surface area contributed by atoms with Crippen molar-refractivity contribution in [1.82, 2.24) is 9.80 Å². The molecule has 23 heavy (non-hydrogen) atoms. The molecule has 2 heteroatoms. The second-order valence-corrected chi connectivity index (χ2v) is 9.31. The van der Waals surface area contributed by atoms with Crippen LogP contribution in [0.5, 0.6) is 0 Å². The molecule has 0 aromatic heterocycles. The van der Waals surface area contributed by atoms with Crippen LogP contribution in [0.4, 0.5) is 0 Å². The zero-order valence-corrected chi connectivity index (χ0v) is 17.0. The summed E-state index contributed by atoms with van der Waals surface area (Å²) in [6.07, 6.45) is 4.20. The second kappa shape index (κ2) is 7.87. The van der Waals surface area contributed by atoms with Crippen LogP contribution in [-0.4, -0.2) is 47.1 Å². The highest BCUT2D eigenvalue weighted by Gasteiger charge is 2.41. The summed E-state index contributed by atoms with van der Waals surface area (Å²) in [5.41, 5.74) is 0. The van der Waals surface area contributed by atoms with Crippen molar-refractivity contribution in [3.8, 4) is 0 Å². The van der Waals surface area contributed by atoms with Crippen molar-refractivity contribution in [3.63, 3.8) is 0 Å². The average molecular weight is 323 g/mol. The van der Waals surface area contributed by atoms with E-state index in [2.05, 4.69) is 65.2 Å². The van der Waals surface area contributed by atoms with Gasteiger partial charge in [-0.25, -0.2) is 0 Å². The molecule has 2 nitrogen and oxygen atoms in total. The lowest BCUT2D eigenvalue weighted by atomic mass is 9.89. The van der Waals surface area contributed by atoms with Gasteiger partial charge in [0.15, 0.2) is 0 Å². The van der Waals surface area contributed by atoms with Crippen LogP contribution in [0.15, 0.2) is 0 Å². The molecule has 2 heterocycles. The van der Waals surface area contributed by atoms with Gasteiger partial charge in [0.05, 0.1) is 0 Å². The summed E-state index contributed by atoms with van der Waals surface area (Å²) in [5.74, 6) is 3.33. The van der Waals surface area contributed by atoms with Crippen LogP contribution in [0.3, 0.4) is 0 Å². The molecule has 2 aliphatic rings. The third-order valence-electron chi connectivity index (χ3n) is 6.88. The van der Waals surface area contributed by atoms with Crippen LogP contribution in [0.25, 0.3) is 0 Å². The molecule has 2 fully saturated rings. The number of hydrogen-bond acceptors (Lipinski definition) is 2. The largest absolute Gasteiger partial charge is 0.297 e. The van der Waals surface area contributed by atoms with Gasteiger partial charge >= 0.3 is 0 Å². The summed E-state index contributed by atoms with van der Waals surface area (Å²) in [6.45, 7) is 21.9. The third kappa shape index (κ3) is 4.12. The highest BCUT2D eigenvalue weighted by molar-refractivity contribution is 4.95. The van der Waals surface area contributed by atoms with Crippen molar-refractivity contribution in [2.75, 3.05) is 13.1 Å². The smallest absolute Gasteiger partial charge is 0.0124 e. The Morgan fingerprint density at radius 1 is 0.913 bits per heavy atom. The molecule has 0 bridgehead atoms. The molecule has 2 saturated heterocycles. The van der Waals surface area contributed by atoms with E-state index >= 15 is 0 Å². The highest BCUT2D eigenvalue weighted by Crippen LogP contribution is 2.38. The Morgan fingerprint density at radius 2 is 1.52 bits per heavy atom. The first kappa shape index (κ1) is 19.2. The summed E-state index contributed by atoms with van der Waals surface area (Å²) in [4.78, 5) is 5.62. The van der Waals surface area contributed by atoms with Crippen molar-refractivity contribution in [2.24, 2.45) is 23.7 Å². The molecule has 2 rings (SSSR count). The molecule has 0 aromatic rings. The van der Waals surface area contributed by atoms with E-state index in [0.717, 1.165) is 47.8 Å². The van der Waals surface area contributed by atoms with Crippen molar-refractivity contribution < 1.29 is 0 Å². The molecule has 4 unspecified atom stereocenters. The van der Waals surface area contributed by atoms with Gasteiger partial charge in [-0.1, -0.05) is 41.5 Å². The Balaban J connectivity index is 2.01. The topological polar surface area (TPSA) is 6.48 Å². The Morgan fingerprint density at radius 3 is 2.00 bits per heavy atom. The maximum Gasteiger partial charge on any atom is 0.0124 e. The minimum atomic E-state index is 0.740. The van der Waals surface area contributed by atoms with Crippen LogP contribution >= 0.6 is 0 Å². The third-order valence-corrected chi connectivity index (χ3v) is 6.88. The molecular formula is C21H42N2. The van der Waals surface area contributed by atoms with Gasteiger partial charge in [0.2, 0.25) is 0 Å². The predicted octanol–water partition coefficient (Wildman–Crippen LogP) is 4.89. The van der Waals surface area contributed by atoms with Crippen LogP contribution in [0, 0.1) is 23.7 Å². The van der Waals surface area contributed by atoms with E-state index in [4.69, 9.17) is 0 Å². The van der Waals surface area contributed by atoms with Gasteiger partial charge in [-0.3, -0.25) is 9.80 Å². The molecule has 0 saturated carbocycles. The molecule has 136 valence electrons. The fourth-order valence-corrected chi connectivity index (χ4v) is 5.54. The zero-order valence-electron chi connectivity index (χ0n) is 17.0. The monoisotopic (exact) mass is 322 g/mol. The Hall–Kier alpha value is -0.0800.